The average Bonchev–Trinajstić information content (AvgIpc) is 3.30. The number of ether oxygens (including phenoxy) is 2. The molecule has 0 spiro atoms. The summed E-state index contributed by atoms with van der Waals surface area (Å²) in [4.78, 5) is 12.7. The molecular weight excluding hydrogens is 443 g/mol. The average molecular weight is 459 g/mol. The summed E-state index contributed by atoms with van der Waals surface area (Å²) in [6.07, 6.45) is -1.00. The van der Waals surface area contributed by atoms with Gasteiger partial charge >= 0.3 is 0 Å². The van der Waals surface area contributed by atoms with E-state index in [-0.39, 0.29) is 34.7 Å². The quantitative estimate of drug-likeness (QED) is 0.728. The van der Waals surface area contributed by atoms with Gasteiger partial charge in [-0.15, -0.1) is 0 Å². The van der Waals surface area contributed by atoms with Crippen LogP contribution in [0.5, 0.6) is 11.5 Å². The molecule has 11 heteroatoms. The molecule has 154 valence electrons. The molecule has 2 aromatic rings. The van der Waals surface area contributed by atoms with Crippen LogP contribution in [0.4, 0.5) is 5.69 Å². The van der Waals surface area contributed by atoms with Crippen LogP contribution in [0.1, 0.15) is 6.42 Å². The number of hydrogen-bond donors (Lipinski definition) is 2. The molecule has 0 radical (unpaired) electrons. The summed E-state index contributed by atoms with van der Waals surface area (Å²) in [6.45, 7) is -0.112. The zero-order valence-corrected chi connectivity index (χ0v) is 17.2. The Morgan fingerprint density at radius 3 is 2.62 bits per heavy atom. The van der Waals surface area contributed by atoms with Gasteiger partial charge in [-0.25, -0.2) is 8.42 Å². The van der Waals surface area contributed by atoms with Gasteiger partial charge in [0.1, 0.15) is 6.04 Å². The SMILES string of the molecule is O=C(Nc1ccc2c(c1)OCO2)[C@@H]1C[C@@H](O)CN1S(=O)(=O)c1ccc(Cl)c(Cl)c1. The van der Waals surface area contributed by atoms with E-state index in [1.165, 1.54) is 18.2 Å². The number of nitrogens with zero attached hydrogens (tertiary/aromatic N) is 1. The Labute approximate surface area is 177 Å². The van der Waals surface area contributed by atoms with E-state index in [4.69, 9.17) is 32.7 Å². The smallest absolute Gasteiger partial charge is 0.243 e. The van der Waals surface area contributed by atoms with Crippen molar-refractivity contribution in [2.75, 3.05) is 18.7 Å². The predicted octanol–water partition coefficient (Wildman–Crippen LogP) is 2.48. The maximum Gasteiger partial charge on any atom is 0.243 e. The summed E-state index contributed by atoms with van der Waals surface area (Å²) in [5, 5.41) is 13.0. The standard InChI is InChI=1S/C18H16Cl2N2O6S/c19-13-3-2-12(7-14(13)20)29(25,26)22-8-11(23)6-15(22)18(24)21-10-1-4-16-17(5-10)28-9-27-16/h1-5,7,11,15,23H,6,8-9H2,(H,21,24)/t11-,15+/m1/s1. The monoisotopic (exact) mass is 458 g/mol. The molecule has 2 aliphatic heterocycles. The molecule has 2 aliphatic rings. The number of carbonyl (C=O) groups is 1. The minimum Gasteiger partial charge on any atom is -0.454 e. The summed E-state index contributed by atoms with van der Waals surface area (Å²) in [5.74, 6) is 0.474. The van der Waals surface area contributed by atoms with Gasteiger partial charge in [0.15, 0.2) is 11.5 Å². The van der Waals surface area contributed by atoms with Crippen molar-refractivity contribution in [2.24, 2.45) is 0 Å². The number of anilines is 1. The van der Waals surface area contributed by atoms with E-state index in [0.717, 1.165) is 4.31 Å². The highest BCUT2D eigenvalue weighted by Crippen LogP contribution is 2.35. The van der Waals surface area contributed by atoms with Gasteiger partial charge < -0.3 is 19.9 Å². The first kappa shape index (κ1) is 20.2. The van der Waals surface area contributed by atoms with Crippen LogP contribution < -0.4 is 14.8 Å². The highest BCUT2D eigenvalue weighted by molar-refractivity contribution is 7.89. The number of sulfonamides is 1. The molecule has 0 bridgehead atoms. The fourth-order valence-corrected chi connectivity index (χ4v) is 5.29. The van der Waals surface area contributed by atoms with E-state index in [0.29, 0.717) is 17.2 Å². The van der Waals surface area contributed by atoms with Crippen molar-refractivity contribution in [1.29, 1.82) is 0 Å². The first-order chi connectivity index (χ1) is 13.8. The Kier molecular flexibility index (Phi) is 5.34. The Bertz CT molecular complexity index is 1080. The number of benzene rings is 2. The Hall–Kier alpha value is -2.04. The van der Waals surface area contributed by atoms with Crippen molar-refractivity contribution in [2.45, 2.75) is 23.5 Å². The predicted molar refractivity (Wildman–Crippen MR) is 106 cm³/mol. The highest BCUT2D eigenvalue weighted by atomic mass is 35.5. The molecule has 2 atom stereocenters. The van der Waals surface area contributed by atoms with Crippen LogP contribution in [0.3, 0.4) is 0 Å². The van der Waals surface area contributed by atoms with Crippen LogP contribution in [-0.4, -0.2) is 49.2 Å². The lowest BCUT2D eigenvalue weighted by molar-refractivity contribution is -0.119. The second kappa shape index (κ2) is 7.66. The summed E-state index contributed by atoms with van der Waals surface area (Å²) >= 11 is 11.8. The molecule has 0 saturated carbocycles. The van der Waals surface area contributed by atoms with Crippen molar-refractivity contribution in [3.05, 3.63) is 46.4 Å². The zero-order chi connectivity index (χ0) is 20.8. The van der Waals surface area contributed by atoms with Gasteiger partial charge in [0, 0.05) is 24.7 Å². The van der Waals surface area contributed by atoms with Crippen LogP contribution in [-0.2, 0) is 14.8 Å². The molecule has 2 aromatic carbocycles. The zero-order valence-electron chi connectivity index (χ0n) is 14.8. The molecular formula is C18H16Cl2N2O6S. The fourth-order valence-electron chi connectivity index (χ4n) is 3.26. The number of halogens is 2. The number of fused-ring (bicyclic) bond motifs is 1. The van der Waals surface area contributed by atoms with Crippen molar-refractivity contribution >= 4 is 44.8 Å². The first-order valence-electron chi connectivity index (χ1n) is 8.61. The number of rotatable bonds is 4. The summed E-state index contributed by atoms with van der Waals surface area (Å²) in [6, 6.07) is 7.65. The molecule has 2 heterocycles. The number of β-amino-alcohol motifs (C(OH)–C–C–N with tert-alkyl or cyclic N) is 1. The summed E-state index contributed by atoms with van der Waals surface area (Å²) in [5.41, 5.74) is 0.424. The molecule has 1 fully saturated rings. The van der Waals surface area contributed by atoms with Crippen LogP contribution >= 0.6 is 23.2 Å². The van der Waals surface area contributed by atoms with Crippen molar-refractivity contribution < 1.29 is 27.8 Å². The molecule has 1 saturated heterocycles. The second-order valence-corrected chi connectivity index (χ2v) is 9.32. The third kappa shape index (κ3) is 3.88. The van der Waals surface area contributed by atoms with E-state index in [9.17, 15) is 18.3 Å². The largest absolute Gasteiger partial charge is 0.454 e. The maximum absolute atomic E-state index is 13.1. The Morgan fingerprint density at radius 2 is 1.86 bits per heavy atom. The lowest BCUT2D eigenvalue weighted by Crippen LogP contribution is -2.43. The van der Waals surface area contributed by atoms with Crippen LogP contribution in [0.2, 0.25) is 10.0 Å². The molecule has 0 aliphatic carbocycles. The maximum atomic E-state index is 13.1. The lowest BCUT2D eigenvalue weighted by atomic mass is 10.2. The third-order valence-corrected chi connectivity index (χ3v) is 7.28. The molecule has 1 amide bonds. The van der Waals surface area contributed by atoms with Gasteiger partial charge in [-0.1, -0.05) is 23.2 Å². The minimum absolute atomic E-state index is 0.0308. The van der Waals surface area contributed by atoms with E-state index < -0.39 is 28.1 Å². The van der Waals surface area contributed by atoms with Crippen LogP contribution in [0.25, 0.3) is 0 Å². The van der Waals surface area contributed by atoms with E-state index >= 15 is 0 Å². The van der Waals surface area contributed by atoms with Crippen LogP contribution in [0.15, 0.2) is 41.3 Å². The number of amides is 1. The normalized spacial score (nSPS) is 21.3. The van der Waals surface area contributed by atoms with E-state index in [1.807, 2.05) is 0 Å². The molecule has 4 rings (SSSR count). The first-order valence-corrected chi connectivity index (χ1v) is 10.8. The van der Waals surface area contributed by atoms with Gasteiger partial charge in [0.25, 0.3) is 0 Å². The number of nitrogens with one attached hydrogen (secondary N) is 1. The van der Waals surface area contributed by atoms with Gasteiger partial charge in [-0.3, -0.25) is 4.79 Å². The van der Waals surface area contributed by atoms with Crippen molar-refractivity contribution in [3.63, 3.8) is 0 Å². The van der Waals surface area contributed by atoms with Gasteiger partial charge in [-0.2, -0.15) is 4.31 Å². The number of aliphatic hydroxyl groups excluding tert-OH is 1. The highest BCUT2D eigenvalue weighted by Gasteiger charge is 2.43. The van der Waals surface area contributed by atoms with Gasteiger partial charge in [0.2, 0.25) is 22.7 Å². The van der Waals surface area contributed by atoms with Crippen molar-refractivity contribution in [3.8, 4) is 11.5 Å². The molecule has 29 heavy (non-hydrogen) atoms. The number of hydrogen-bond acceptors (Lipinski definition) is 6. The molecule has 2 N–H and O–H groups in total. The minimum atomic E-state index is -4.08. The van der Waals surface area contributed by atoms with E-state index in [2.05, 4.69) is 5.32 Å². The Morgan fingerprint density at radius 1 is 1.10 bits per heavy atom. The molecule has 0 aromatic heterocycles. The topological polar surface area (TPSA) is 105 Å². The van der Waals surface area contributed by atoms with Crippen LogP contribution in [0, 0.1) is 0 Å². The summed E-state index contributed by atoms with van der Waals surface area (Å²) < 4.78 is 37.6. The Balaban J connectivity index is 1.58. The second-order valence-electron chi connectivity index (χ2n) is 6.61. The lowest BCUT2D eigenvalue weighted by Gasteiger charge is -2.23. The van der Waals surface area contributed by atoms with E-state index in [1.54, 1.807) is 18.2 Å². The fraction of sp³-hybridized carbons (Fsp3) is 0.278. The third-order valence-electron chi connectivity index (χ3n) is 4.67. The summed E-state index contributed by atoms with van der Waals surface area (Å²) in [7, 11) is -4.08. The van der Waals surface area contributed by atoms with Gasteiger partial charge in [0.05, 0.1) is 21.0 Å². The molecule has 8 nitrogen and oxygen atoms in total. The van der Waals surface area contributed by atoms with Crippen molar-refractivity contribution in [1.82, 2.24) is 4.31 Å². The molecule has 0 unspecified atom stereocenters. The number of carbonyl (C=O) groups excluding carboxylic acids is 1. The van der Waals surface area contributed by atoms with Gasteiger partial charge in [-0.05, 0) is 30.3 Å². The number of aliphatic hydroxyl groups is 1.